The Morgan fingerprint density at radius 1 is 1.53 bits per heavy atom. The molecule has 0 spiro atoms. The molecule has 1 rings (SSSR count). The van der Waals surface area contributed by atoms with E-state index in [9.17, 15) is 12.8 Å². The molecule has 0 saturated carbocycles. The molecule has 1 atom stereocenters. The first-order valence-electron chi connectivity index (χ1n) is 5.01. The maximum Gasteiger partial charge on any atom is 0.158 e. The van der Waals surface area contributed by atoms with Gasteiger partial charge in [-0.2, -0.15) is 5.26 Å². The topological polar surface area (TPSA) is 84.0 Å². The molecule has 0 aliphatic carbocycles. The van der Waals surface area contributed by atoms with Crippen LogP contribution in [0.25, 0.3) is 0 Å². The highest BCUT2D eigenvalue weighted by Crippen LogP contribution is 2.14. The Morgan fingerprint density at radius 2 is 2.18 bits per heavy atom. The molecule has 0 radical (unpaired) electrons. The summed E-state index contributed by atoms with van der Waals surface area (Å²) in [5.41, 5.74) is 5.54. The Hall–Kier alpha value is -1.45. The summed E-state index contributed by atoms with van der Waals surface area (Å²) in [6.45, 7) is 1.55. The van der Waals surface area contributed by atoms with Crippen LogP contribution in [0.3, 0.4) is 0 Å². The molecule has 0 aromatic heterocycles. The minimum atomic E-state index is -3.36. The molecule has 0 aliphatic heterocycles. The molecule has 0 fully saturated rings. The van der Waals surface area contributed by atoms with Crippen molar-refractivity contribution in [2.24, 2.45) is 5.73 Å². The summed E-state index contributed by atoms with van der Waals surface area (Å²) in [7, 11) is -3.36. The van der Waals surface area contributed by atoms with Crippen molar-refractivity contribution in [3.63, 3.8) is 0 Å². The Morgan fingerprint density at radius 3 is 2.71 bits per heavy atom. The highest BCUT2D eigenvalue weighted by Gasteiger charge is 2.20. The van der Waals surface area contributed by atoms with Crippen molar-refractivity contribution in [3.05, 3.63) is 35.1 Å². The Labute approximate surface area is 99.8 Å². The van der Waals surface area contributed by atoms with E-state index < -0.39 is 20.9 Å². The van der Waals surface area contributed by atoms with Crippen LogP contribution in [0.5, 0.6) is 0 Å². The predicted molar refractivity (Wildman–Crippen MR) is 62.3 cm³/mol. The highest BCUT2D eigenvalue weighted by atomic mass is 32.2. The molecular formula is C11H13FN2O2S. The SMILES string of the molecule is CC(CN)S(=O)(=O)Cc1ccc(F)c(C#N)c1. The van der Waals surface area contributed by atoms with Crippen molar-refractivity contribution in [2.45, 2.75) is 17.9 Å². The molecule has 2 N–H and O–H groups in total. The van der Waals surface area contributed by atoms with Crippen molar-refractivity contribution in [3.8, 4) is 6.07 Å². The summed E-state index contributed by atoms with van der Waals surface area (Å²) in [5, 5.41) is 7.98. The van der Waals surface area contributed by atoms with E-state index in [1.807, 2.05) is 0 Å². The summed E-state index contributed by atoms with van der Waals surface area (Å²) in [6, 6.07) is 5.37. The van der Waals surface area contributed by atoms with Gasteiger partial charge in [0.05, 0.1) is 16.6 Å². The molecule has 6 heteroatoms. The zero-order chi connectivity index (χ0) is 13.1. The third-order valence-corrected chi connectivity index (χ3v) is 4.62. The van der Waals surface area contributed by atoms with Gasteiger partial charge in [0.25, 0.3) is 0 Å². The van der Waals surface area contributed by atoms with Gasteiger partial charge in [-0.1, -0.05) is 6.07 Å². The van der Waals surface area contributed by atoms with Crippen LogP contribution in [0.4, 0.5) is 4.39 Å². The van der Waals surface area contributed by atoms with E-state index in [1.165, 1.54) is 19.1 Å². The van der Waals surface area contributed by atoms with E-state index in [1.54, 1.807) is 6.07 Å². The summed E-state index contributed by atoms with van der Waals surface area (Å²) in [6.07, 6.45) is 0. The fourth-order valence-electron chi connectivity index (χ4n) is 1.27. The van der Waals surface area contributed by atoms with Crippen LogP contribution in [-0.4, -0.2) is 20.2 Å². The number of nitrogens with zero attached hydrogens (tertiary/aromatic N) is 1. The number of nitriles is 1. The van der Waals surface area contributed by atoms with Gasteiger partial charge in [0.15, 0.2) is 9.84 Å². The van der Waals surface area contributed by atoms with Gasteiger partial charge < -0.3 is 5.73 Å². The molecule has 0 aliphatic rings. The first kappa shape index (κ1) is 13.6. The first-order valence-corrected chi connectivity index (χ1v) is 6.72. The Balaban J connectivity index is 3.02. The van der Waals surface area contributed by atoms with Gasteiger partial charge >= 0.3 is 0 Å². The minimum Gasteiger partial charge on any atom is -0.329 e. The second-order valence-corrected chi connectivity index (χ2v) is 6.20. The van der Waals surface area contributed by atoms with Gasteiger partial charge in [-0.25, -0.2) is 12.8 Å². The molecule has 1 unspecified atom stereocenters. The Bertz CT molecular complexity index is 549. The van der Waals surface area contributed by atoms with Gasteiger partial charge in [-0.05, 0) is 24.6 Å². The zero-order valence-corrected chi connectivity index (χ0v) is 10.2. The molecule has 1 aromatic rings. The van der Waals surface area contributed by atoms with Crippen molar-refractivity contribution < 1.29 is 12.8 Å². The number of halogens is 1. The number of benzene rings is 1. The molecule has 92 valence electrons. The lowest BCUT2D eigenvalue weighted by atomic mass is 10.1. The lowest BCUT2D eigenvalue weighted by Gasteiger charge is -2.10. The molecule has 0 bridgehead atoms. The fourth-order valence-corrected chi connectivity index (χ4v) is 2.49. The van der Waals surface area contributed by atoms with Crippen LogP contribution in [0.2, 0.25) is 0 Å². The van der Waals surface area contributed by atoms with E-state index in [-0.39, 0.29) is 17.9 Å². The average molecular weight is 256 g/mol. The summed E-state index contributed by atoms with van der Waals surface area (Å²) in [5.74, 6) is -0.888. The number of nitrogens with two attached hydrogens (primary N) is 1. The number of sulfone groups is 1. The lowest BCUT2D eigenvalue weighted by molar-refractivity contribution is 0.582. The first-order chi connectivity index (χ1) is 7.90. The van der Waals surface area contributed by atoms with E-state index >= 15 is 0 Å². The summed E-state index contributed by atoms with van der Waals surface area (Å²) < 4.78 is 36.6. The van der Waals surface area contributed by atoms with Crippen LogP contribution in [0.1, 0.15) is 18.1 Å². The summed E-state index contributed by atoms with van der Waals surface area (Å²) in [4.78, 5) is 0. The van der Waals surface area contributed by atoms with Crippen LogP contribution < -0.4 is 5.73 Å². The van der Waals surface area contributed by atoms with Crippen molar-refractivity contribution in [2.75, 3.05) is 6.54 Å². The largest absolute Gasteiger partial charge is 0.329 e. The minimum absolute atomic E-state index is 0.0363. The molecule has 0 amide bonds. The third kappa shape index (κ3) is 3.25. The predicted octanol–water partition coefficient (Wildman–Crippen LogP) is 0.959. The van der Waals surface area contributed by atoms with Crippen LogP contribution in [0.15, 0.2) is 18.2 Å². The molecule has 4 nitrogen and oxygen atoms in total. The quantitative estimate of drug-likeness (QED) is 0.869. The maximum absolute atomic E-state index is 13.0. The van der Waals surface area contributed by atoms with E-state index in [2.05, 4.69) is 0 Å². The van der Waals surface area contributed by atoms with E-state index in [0.717, 1.165) is 6.07 Å². The van der Waals surface area contributed by atoms with E-state index in [0.29, 0.717) is 5.56 Å². The standard InChI is InChI=1S/C11H13FN2O2S/c1-8(5-13)17(15,16)7-9-2-3-11(12)10(4-9)6-14/h2-4,8H,5,7,13H2,1H3. The number of hydrogen-bond donors (Lipinski definition) is 1. The number of rotatable bonds is 4. The molecular weight excluding hydrogens is 243 g/mol. The van der Waals surface area contributed by atoms with Gasteiger partial charge in [-0.15, -0.1) is 0 Å². The van der Waals surface area contributed by atoms with Crippen LogP contribution in [-0.2, 0) is 15.6 Å². The molecule has 0 heterocycles. The smallest absolute Gasteiger partial charge is 0.158 e. The van der Waals surface area contributed by atoms with Gasteiger partial charge in [0.1, 0.15) is 11.9 Å². The average Bonchev–Trinajstić information content (AvgIpc) is 2.30. The maximum atomic E-state index is 13.0. The van der Waals surface area contributed by atoms with Gasteiger partial charge in [-0.3, -0.25) is 0 Å². The number of hydrogen-bond acceptors (Lipinski definition) is 4. The Kier molecular flexibility index (Phi) is 4.21. The van der Waals surface area contributed by atoms with E-state index in [4.69, 9.17) is 11.0 Å². The van der Waals surface area contributed by atoms with Crippen molar-refractivity contribution in [1.82, 2.24) is 0 Å². The van der Waals surface area contributed by atoms with Crippen molar-refractivity contribution in [1.29, 1.82) is 5.26 Å². The molecule has 17 heavy (non-hydrogen) atoms. The highest BCUT2D eigenvalue weighted by molar-refractivity contribution is 7.91. The van der Waals surface area contributed by atoms with Crippen molar-refractivity contribution >= 4 is 9.84 Å². The van der Waals surface area contributed by atoms with Gasteiger partial charge in [0.2, 0.25) is 0 Å². The lowest BCUT2D eigenvalue weighted by Crippen LogP contribution is -2.27. The molecule has 0 saturated heterocycles. The second-order valence-electron chi connectivity index (χ2n) is 3.78. The third-order valence-electron chi connectivity index (χ3n) is 2.46. The normalized spacial score (nSPS) is 13.1. The zero-order valence-electron chi connectivity index (χ0n) is 9.35. The monoisotopic (exact) mass is 256 g/mol. The summed E-state index contributed by atoms with van der Waals surface area (Å²) >= 11 is 0. The van der Waals surface area contributed by atoms with Crippen LogP contribution in [0, 0.1) is 17.1 Å². The van der Waals surface area contributed by atoms with Gasteiger partial charge in [0, 0.05) is 6.54 Å². The van der Waals surface area contributed by atoms with Crippen LogP contribution >= 0.6 is 0 Å². The molecule has 1 aromatic carbocycles. The fraction of sp³-hybridized carbons (Fsp3) is 0.364. The second kappa shape index (κ2) is 5.25.